The van der Waals surface area contributed by atoms with Gasteiger partial charge in [0.05, 0.1) is 13.0 Å². The average Bonchev–Trinajstić information content (AvgIpc) is 2.44. The minimum absolute atomic E-state index is 0.155. The Balaban J connectivity index is 2.43. The van der Waals surface area contributed by atoms with Crippen LogP contribution in [-0.4, -0.2) is 47.7 Å². The highest BCUT2D eigenvalue weighted by Gasteiger charge is 2.16. The summed E-state index contributed by atoms with van der Waals surface area (Å²) >= 11 is 0. The molecule has 2 amide bonds. The van der Waals surface area contributed by atoms with Gasteiger partial charge in [-0.15, -0.1) is 0 Å². The second kappa shape index (κ2) is 7.32. The number of rotatable bonds is 6. The van der Waals surface area contributed by atoms with E-state index in [1.165, 1.54) is 12.0 Å². The van der Waals surface area contributed by atoms with Gasteiger partial charge in [-0.3, -0.25) is 4.79 Å². The fourth-order valence-electron chi connectivity index (χ4n) is 1.52. The summed E-state index contributed by atoms with van der Waals surface area (Å²) in [6.07, 6.45) is 1.61. The number of nitrogens with one attached hydrogen (secondary N) is 1. The van der Waals surface area contributed by atoms with Crippen LogP contribution >= 0.6 is 0 Å². The highest BCUT2D eigenvalue weighted by Crippen LogP contribution is 2.06. The highest BCUT2D eigenvalue weighted by molar-refractivity contribution is 5.75. The van der Waals surface area contributed by atoms with Gasteiger partial charge in [0.25, 0.3) is 0 Å². The van der Waals surface area contributed by atoms with Gasteiger partial charge < -0.3 is 20.1 Å². The summed E-state index contributed by atoms with van der Waals surface area (Å²) in [4.78, 5) is 27.9. The lowest BCUT2D eigenvalue weighted by Crippen LogP contribution is -2.40. The van der Waals surface area contributed by atoms with E-state index in [9.17, 15) is 9.59 Å². The molecule has 1 aromatic heterocycles. The predicted octanol–water partition coefficient (Wildman–Crippen LogP) is 0.952. The molecular weight excluding hydrogens is 262 g/mol. The second-order valence-corrected chi connectivity index (χ2v) is 4.49. The van der Waals surface area contributed by atoms with Crippen molar-refractivity contribution in [1.82, 2.24) is 15.2 Å². The molecule has 1 aromatic rings. The van der Waals surface area contributed by atoms with Gasteiger partial charge in [0.1, 0.15) is 0 Å². The molecule has 0 aromatic carbocycles. The van der Waals surface area contributed by atoms with Gasteiger partial charge in [-0.1, -0.05) is 13.0 Å². The van der Waals surface area contributed by atoms with E-state index < -0.39 is 11.9 Å². The maximum absolute atomic E-state index is 11.8. The lowest BCUT2D eigenvalue weighted by molar-refractivity contribution is -0.141. The number of urea groups is 1. The van der Waals surface area contributed by atoms with E-state index in [-0.39, 0.29) is 12.6 Å². The summed E-state index contributed by atoms with van der Waals surface area (Å²) in [5, 5.41) is 11.5. The number of methoxy groups -OCH3 is 1. The van der Waals surface area contributed by atoms with E-state index in [2.05, 4.69) is 10.3 Å². The number of aromatic nitrogens is 1. The van der Waals surface area contributed by atoms with Gasteiger partial charge in [0.15, 0.2) is 0 Å². The van der Waals surface area contributed by atoms with Crippen LogP contribution in [-0.2, 0) is 11.3 Å². The van der Waals surface area contributed by atoms with Gasteiger partial charge in [-0.05, 0) is 5.56 Å². The Bertz CT molecular complexity index is 461. The van der Waals surface area contributed by atoms with Crippen LogP contribution < -0.4 is 10.1 Å². The summed E-state index contributed by atoms with van der Waals surface area (Å²) < 4.78 is 4.94. The first-order chi connectivity index (χ1) is 9.43. The van der Waals surface area contributed by atoms with Crippen molar-refractivity contribution in [3.05, 3.63) is 23.9 Å². The van der Waals surface area contributed by atoms with Gasteiger partial charge in [0.2, 0.25) is 5.88 Å². The van der Waals surface area contributed by atoms with Gasteiger partial charge in [-0.2, -0.15) is 0 Å². The van der Waals surface area contributed by atoms with Crippen molar-refractivity contribution in [2.75, 3.05) is 20.7 Å². The van der Waals surface area contributed by atoms with Crippen molar-refractivity contribution in [3.63, 3.8) is 0 Å². The molecule has 1 heterocycles. The number of amides is 2. The van der Waals surface area contributed by atoms with Crippen LogP contribution in [0.2, 0.25) is 0 Å². The molecule has 1 atom stereocenters. The third kappa shape index (κ3) is 4.75. The number of hydrogen-bond acceptors (Lipinski definition) is 4. The average molecular weight is 281 g/mol. The minimum Gasteiger partial charge on any atom is -0.481 e. The number of carboxylic acids is 1. The number of carboxylic acid groups (broad SMARTS) is 1. The molecule has 0 fully saturated rings. The molecule has 0 saturated heterocycles. The van der Waals surface area contributed by atoms with Crippen molar-refractivity contribution in [3.8, 4) is 5.88 Å². The van der Waals surface area contributed by atoms with E-state index in [0.717, 1.165) is 5.56 Å². The number of pyridine rings is 1. The molecule has 0 radical (unpaired) electrons. The Morgan fingerprint density at radius 1 is 1.50 bits per heavy atom. The molecule has 0 aliphatic carbocycles. The number of carbonyl (C=O) groups excluding carboxylic acids is 1. The highest BCUT2D eigenvalue weighted by atomic mass is 16.5. The number of ether oxygens (including phenoxy) is 1. The van der Waals surface area contributed by atoms with Crippen LogP contribution in [0.5, 0.6) is 5.88 Å². The lowest BCUT2D eigenvalue weighted by atomic mass is 10.2. The summed E-state index contributed by atoms with van der Waals surface area (Å²) in [5.41, 5.74) is 0.832. The normalized spacial score (nSPS) is 11.6. The molecule has 7 nitrogen and oxygen atoms in total. The van der Waals surface area contributed by atoms with Crippen LogP contribution in [0, 0.1) is 5.92 Å². The molecule has 1 rings (SSSR count). The molecule has 0 bridgehead atoms. The topological polar surface area (TPSA) is 91.8 Å². The first-order valence-corrected chi connectivity index (χ1v) is 6.14. The fraction of sp³-hybridized carbons (Fsp3) is 0.462. The van der Waals surface area contributed by atoms with E-state index in [0.29, 0.717) is 12.4 Å². The van der Waals surface area contributed by atoms with E-state index in [1.807, 2.05) is 0 Å². The quantitative estimate of drug-likeness (QED) is 0.810. The molecule has 1 unspecified atom stereocenters. The Hall–Kier alpha value is -2.31. The molecule has 0 spiro atoms. The molecular formula is C13H19N3O4. The zero-order chi connectivity index (χ0) is 15.1. The summed E-state index contributed by atoms with van der Waals surface area (Å²) in [7, 11) is 3.09. The van der Waals surface area contributed by atoms with Gasteiger partial charge >= 0.3 is 12.0 Å². The zero-order valence-corrected chi connectivity index (χ0v) is 11.8. The van der Waals surface area contributed by atoms with Crippen molar-refractivity contribution < 1.29 is 19.4 Å². The van der Waals surface area contributed by atoms with Gasteiger partial charge in [0, 0.05) is 32.4 Å². The molecule has 20 heavy (non-hydrogen) atoms. The maximum atomic E-state index is 11.8. The van der Waals surface area contributed by atoms with Crippen LogP contribution in [0.4, 0.5) is 4.79 Å². The van der Waals surface area contributed by atoms with E-state index in [4.69, 9.17) is 9.84 Å². The van der Waals surface area contributed by atoms with Crippen LogP contribution in [0.25, 0.3) is 0 Å². The predicted molar refractivity (Wildman–Crippen MR) is 72.5 cm³/mol. The smallest absolute Gasteiger partial charge is 0.317 e. The van der Waals surface area contributed by atoms with Crippen molar-refractivity contribution in [2.24, 2.45) is 5.92 Å². The number of aliphatic carboxylic acids is 1. The van der Waals surface area contributed by atoms with Crippen molar-refractivity contribution in [1.29, 1.82) is 0 Å². The number of carbonyl (C=O) groups is 2. The molecule has 7 heteroatoms. The fourth-order valence-corrected chi connectivity index (χ4v) is 1.52. The first kappa shape index (κ1) is 15.7. The second-order valence-electron chi connectivity index (χ2n) is 4.49. The SMILES string of the molecule is COc1ccc(CNC(=O)N(C)CC(C)C(=O)O)cn1. The summed E-state index contributed by atoms with van der Waals surface area (Å²) in [6.45, 7) is 2.03. The Morgan fingerprint density at radius 2 is 2.20 bits per heavy atom. The molecule has 2 N–H and O–H groups in total. The Labute approximate surface area is 117 Å². The Morgan fingerprint density at radius 3 is 2.70 bits per heavy atom. The number of hydrogen-bond donors (Lipinski definition) is 2. The molecule has 0 aliphatic heterocycles. The first-order valence-electron chi connectivity index (χ1n) is 6.14. The standard InChI is InChI=1S/C13H19N3O4/c1-9(12(17)18)8-16(2)13(19)15-7-10-4-5-11(20-3)14-6-10/h4-6,9H,7-8H2,1-3H3,(H,15,19)(H,17,18). The molecule has 0 aliphatic rings. The van der Waals surface area contributed by atoms with Crippen LogP contribution in [0.1, 0.15) is 12.5 Å². The van der Waals surface area contributed by atoms with E-state index >= 15 is 0 Å². The van der Waals surface area contributed by atoms with E-state index in [1.54, 1.807) is 32.3 Å². The molecule has 0 saturated carbocycles. The van der Waals surface area contributed by atoms with Crippen LogP contribution in [0.3, 0.4) is 0 Å². The Kier molecular flexibility index (Phi) is 5.76. The van der Waals surface area contributed by atoms with Crippen LogP contribution in [0.15, 0.2) is 18.3 Å². The third-order valence-electron chi connectivity index (χ3n) is 2.77. The lowest BCUT2D eigenvalue weighted by Gasteiger charge is -2.20. The van der Waals surface area contributed by atoms with Crippen molar-refractivity contribution >= 4 is 12.0 Å². The zero-order valence-electron chi connectivity index (χ0n) is 11.8. The largest absolute Gasteiger partial charge is 0.481 e. The molecule has 110 valence electrons. The minimum atomic E-state index is -0.927. The summed E-state index contributed by atoms with van der Waals surface area (Å²) in [5.74, 6) is -1.02. The van der Waals surface area contributed by atoms with Gasteiger partial charge in [-0.25, -0.2) is 9.78 Å². The monoisotopic (exact) mass is 281 g/mol. The number of nitrogens with zero attached hydrogens (tertiary/aromatic N) is 2. The third-order valence-corrected chi connectivity index (χ3v) is 2.77. The summed E-state index contributed by atoms with van der Waals surface area (Å²) in [6, 6.07) is 3.18. The maximum Gasteiger partial charge on any atom is 0.317 e. The van der Waals surface area contributed by atoms with Crippen molar-refractivity contribution in [2.45, 2.75) is 13.5 Å².